The van der Waals surface area contributed by atoms with Crippen molar-refractivity contribution in [2.45, 2.75) is 148 Å². The summed E-state index contributed by atoms with van der Waals surface area (Å²) in [4.78, 5) is 52.7. The molecule has 0 bridgehead atoms. The maximum absolute atomic E-state index is 13.5. The van der Waals surface area contributed by atoms with Gasteiger partial charge < -0.3 is 64.5 Å². The smallest absolute Gasteiger partial charge is 0.195 e. The number of halogens is 2. The highest BCUT2D eigenvalue weighted by Gasteiger charge is 2.47. The summed E-state index contributed by atoms with van der Waals surface area (Å²) >= 11 is 0. The average Bonchev–Trinajstić information content (AvgIpc) is 1.68. The van der Waals surface area contributed by atoms with Crippen molar-refractivity contribution in [1.29, 1.82) is 0 Å². The maximum Gasteiger partial charge on any atom is 0.195 e. The van der Waals surface area contributed by atoms with Crippen molar-refractivity contribution < 1.29 is 82.9 Å². The zero-order valence-electron chi connectivity index (χ0n) is 75.9. The number of aliphatic hydroxyl groups excluding tert-OH is 3. The van der Waals surface area contributed by atoms with E-state index >= 15 is 0 Å². The molecule has 20 rings (SSSR count). The molecule has 0 spiro atoms. The Labute approximate surface area is 771 Å². The molecule has 132 heavy (non-hydrogen) atoms. The van der Waals surface area contributed by atoms with Gasteiger partial charge in [-0.3, -0.25) is 49.0 Å². The van der Waals surface area contributed by atoms with Crippen molar-refractivity contribution in [3.63, 3.8) is 0 Å². The first kappa shape index (κ1) is 94.0. The first-order chi connectivity index (χ1) is 63.6. The molecule has 5 aliphatic carbocycles. The van der Waals surface area contributed by atoms with E-state index in [1.807, 2.05) is 64.4 Å². The van der Waals surface area contributed by atoms with E-state index in [2.05, 4.69) is 75.6 Å². The molecule has 10 aromatic rings. The van der Waals surface area contributed by atoms with Crippen LogP contribution >= 0.6 is 0 Å². The maximum atomic E-state index is 13.5. The minimum absolute atomic E-state index is 0.0296. The van der Waals surface area contributed by atoms with E-state index in [1.165, 1.54) is 48.3 Å². The number of β-amino-alcohol motifs (C(OH)–C–C–N with tert-alkyl or cyclic N) is 3. The molecule has 0 amide bonds. The second kappa shape index (κ2) is 43.2. The Balaban J connectivity index is 0.000000120. The van der Waals surface area contributed by atoms with Crippen LogP contribution in [-0.2, 0) is 0 Å². The Morgan fingerprint density at radius 3 is 0.985 bits per heavy atom. The molecule has 6 aromatic carbocycles. The van der Waals surface area contributed by atoms with Gasteiger partial charge in [0.2, 0.25) is 0 Å². The van der Waals surface area contributed by atoms with E-state index in [1.54, 1.807) is 103 Å². The number of pyridine rings is 4. The molecular formula is C106H125F2N9O15. The summed E-state index contributed by atoms with van der Waals surface area (Å²) in [5.74, 6) is 10.2. The monoisotopic (exact) mass is 1800 g/mol. The van der Waals surface area contributed by atoms with Crippen LogP contribution in [0.4, 0.5) is 8.78 Å². The lowest BCUT2D eigenvalue weighted by molar-refractivity contribution is 0.0925. The SMILES string of the molecule is Cc1cc(F)cc(OC2C[C@@H]3CN(CC(=O)c4ccc(O)cn4)C[C@@H]3C2)c1.Cc1cc(F)cc(OC2C[C@@H]3CN(CC(O)c4ccc(O)cn4)C[C@@H]3C2)c1.Cc1ccc(OC2C[C@@H]3CN(CC(O)c4ccc(O)cc4)C[C@@H]3C2)cc1.Cc1cncc(OC2C[C@@H]3CN(CC(=O)c4ccc(O)cc4)C[C@@H]3C2)c1.Cc1cncc(OC2C[C@@H]3CN(CC(O)c4ccc(O)cc4)C[C@@H]3C2)c1. The van der Waals surface area contributed by atoms with Gasteiger partial charge in [-0.25, -0.2) is 13.8 Å². The van der Waals surface area contributed by atoms with Gasteiger partial charge in [-0.05, 0) is 313 Å². The number of phenols is 3. The number of Topliss-reactive ketones (excluding diaryl/α,β-unsaturated/α-hetero) is 2. The fraction of sp³-hybridized carbons (Fsp3) is 0.453. The van der Waals surface area contributed by atoms with Crippen LogP contribution in [0.3, 0.4) is 0 Å². The number of benzene rings is 6. The standard InChI is InChI=1S/C22H27NO3.C21H25FN2O3.C21H23FN2O3.C21H26N2O3.C21H24N2O3/c1-15-2-8-20(9-3-15)26-21-10-17-12-23(13-18(17)11-21)14-22(25)16-4-6-19(24)7-5-16;2*1-13-4-16(22)8-18(5-13)27-19-6-14-10-24(11-15(14)7-19)12-21(26)20-3-2-17(25)9-23-20;2*1-14-6-20(10-22-9-14)26-19-7-16-11-23(12-17(16)8-19)13-21(25)15-2-4-18(24)5-3-15/h2-9,17-18,21-22,24-25H,10-14H2,1H3;2-5,8-9,14-15,19,21,25-26H,6-7,10-12H2,1H3;2-5,8-9,14-15,19,25H,6-7,10-12H2,1H3;2-6,9-10,16-17,19,21,24-25H,7-8,11-13H2,1H3;2-6,9-10,16-17,19,24H,7-8,11-13H2,1H3/t17-,18+,21?,22?;14-,15+,19?,21?;14-,15+,19?;16-,17+,19?,21?;16-,17+,19?. The average molecular weight is 1800 g/mol. The number of ketones is 2. The summed E-state index contributed by atoms with van der Waals surface area (Å²) in [5, 5.41) is 78.0. The first-order valence-electron chi connectivity index (χ1n) is 46.8. The Morgan fingerprint density at radius 2 is 0.636 bits per heavy atom. The van der Waals surface area contributed by atoms with Gasteiger partial charge in [0.15, 0.2) is 11.6 Å². The van der Waals surface area contributed by atoms with Crippen molar-refractivity contribution in [2.24, 2.45) is 59.2 Å². The third-order valence-corrected chi connectivity index (χ3v) is 28.1. The highest BCUT2D eigenvalue weighted by molar-refractivity contribution is 5.97. The number of likely N-dealkylation sites (tertiary alicyclic amines) is 5. The predicted molar refractivity (Wildman–Crippen MR) is 496 cm³/mol. The zero-order chi connectivity index (χ0) is 92.2. The van der Waals surface area contributed by atoms with Crippen LogP contribution in [0.15, 0.2) is 207 Å². The Kier molecular flexibility index (Phi) is 30.8. The molecular weight excluding hydrogens is 1680 g/mol. The number of carbonyl (C=O) groups excluding carboxylic acids is 2. The molecule has 10 aliphatic rings. The molecule has 10 fully saturated rings. The highest BCUT2D eigenvalue weighted by Crippen LogP contribution is 2.46. The number of phenolic OH excluding ortho intramolecular Hbond substituents is 3. The summed E-state index contributed by atoms with van der Waals surface area (Å²) in [6.45, 7) is 22.1. The fourth-order valence-corrected chi connectivity index (χ4v) is 22.0. The normalized spacial score (nSPS) is 25.8. The van der Waals surface area contributed by atoms with Crippen molar-refractivity contribution in [1.82, 2.24) is 44.4 Å². The van der Waals surface area contributed by atoms with E-state index in [4.69, 9.17) is 23.7 Å². The van der Waals surface area contributed by atoms with Gasteiger partial charge in [0.1, 0.15) is 80.9 Å². The van der Waals surface area contributed by atoms with E-state index in [0.717, 1.165) is 180 Å². The number of aryl methyl sites for hydroxylation is 5. The molecule has 0 radical (unpaired) electrons. The zero-order valence-corrected chi connectivity index (χ0v) is 75.9. The number of aromatic hydroxyl groups is 5. The molecule has 26 heteroatoms. The van der Waals surface area contributed by atoms with E-state index in [-0.39, 0.29) is 76.4 Å². The molecule has 5 saturated carbocycles. The lowest BCUT2D eigenvalue weighted by Gasteiger charge is -2.22. The predicted octanol–water partition coefficient (Wildman–Crippen LogP) is 15.8. The highest BCUT2D eigenvalue weighted by atomic mass is 19.1. The number of carbonyl (C=O) groups is 2. The molecule has 9 heterocycles. The van der Waals surface area contributed by atoms with Gasteiger partial charge in [0, 0.05) is 115 Å². The molecule has 8 N–H and O–H groups in total. The summed E-state index contributed by atoms with van der Waals surface area (Å²) < 4.78 is 57.5. The summed E-state index contributed by atoms with van der Waals surface area (Å²) in [6, 6.07) is 48.4. The number of aromatic nitrogens is 4. The summed E-state index contributed by atoms with van der Waals surface area (Å²) in [7, 11) is 0. The second-order valence-electron chi connectivity index (χ2n) is 38.8. The molecule has 24 nitrogen and oxygen atoms in total. The molecule has 18 atom stereocenters. The quantitative estimate of drug-likeness (QED) is 0.0247. The second-order valence-corrected chi connectivity index (χ2v) is 38.8. The molecule has 8 unspecified atom stereocenters. The van der Waals surface area contributed by atoms with Crippen LogP contribution in [0.5, 0.6) is 57.5 Å². The number of hydrogen-bond donors (Lipinski definition) is 8. The minimum Gasteiger partial charge on any atom is -0.508 e. The minimum atomic E-state index is -0.660. The number of rotatable bonds is 25. The van der Waals surface area contributed by atoms with E-state index in [9.17, 15) is 59.2 Å². The van der Waals surface area contributed by atoms with E-state index < -0.39 is 18.3 Å². The third-order valence-electron chi connectivity index (χ3n) is 28.1. The summed E-state index contributed by atoms with van der Waals surface area (Å²) in [5.41, 5.74) is 8.54. The van der Waals surface area contributed by atoms with Crippen LogP contribution in [0.2, 0.25) is 0 Å². The van der Waals surface area contributed by atoms with Gasteiger partial charge in [0.05, 0.1) is 86.3 Å². The molecule has 5 saturated heterocycles. The van der Waals surface area contributed by atoms with Crippen LogP contribution in [0.25, 0.3) is 0 Å². The molecule has 698 valence electrons. The van der Waals surface area contributed by atoms with Gasteiger partial charge in [0.25, 0.3) is 0 Å². The Morgan fingerprint density at radius 1 is 0.318 bits per heavy atom. The molecule has 5 aliphatic heterocycles. The van der Waals surface area contributed by atoms with Crippen LogP contribution in [-0.4, -0.2) is 226 Å². The largest absolute Gasteiger partial charge is 0.508 e. The van der Waals surface area contributed by atoms with Crippen molar-refractivity contribution >= 4 is 11.6 Å². The van der Waals surface area contributed by atoms with Gasteiger partial charge in [-0.1, -0.05) is 42.0 Å². The lowest BCUT2D eigenvalue weighted by atomic mass is 10.0. The third kappa shape index (κ3) is 25.8. The van der Waals surface area contributed by atoms with E-state index in [0.29, 0.717) is 126 Å². The number of nitrogens with zero attached hydrogens (tertiary/aromatic N) is 9. The van der Waals surface area contributed by atoms with Crippen molar-refractivity contribution in [3.05, 3.63) is 275 Å². The molecule has 4 aromatic heterocycles. The number of ether oxygens (including phenoxy) is 5. The van der Waals surface area contributed by atoms with Crippen LogP contribution in [0.1, 0.15) is 148 Å². The first-order valence-corrected chi connectivity index (χ1v) is 46.8. The number of hydrogen-bond acceptors (Lipinski definition) is 24. The Hall–Kier alpha value is -11.2. The fourth-order valence-electron chi connectivity index (χ4n) is 22.0. The summed E-state index contributed by atoms with van der Waals surface area (Å²) in [6.07, 6.45) is 19.5. The van der Waals surface area contributed by atoms with Gasteiger partial charge >= 0.3 is 0 Å². The topological polar surface area (TPSA) is 310 Å². The van der Waals surface area contributed by atoms with Gasteiger partial charge in [-0.15, -0.1) is 0 Å². The van der Waals surface area contributed by atoms with Crippen molar-refractivity contribution in [3.8, 4) is 57.5 Å². The number of aliphatic hydroxyl groups is 3. The lowest BCUT2D eigenvalue weighted by Crippen LogP contribution is -2.30. The van der Waals surface area contributed by atoms with Gasteiger partial charge in [-0.2, -0.15) is 0 Å². The number of fused-ring (bicyclic) bond motifs is 5. The van der Waals surface area contributed by atoms with Crippen LogP contribution < -0.4 is 23.7 Å². The van der Waals surface area contributed by atoms with Crippen molar-refractivity contribution in [2.75, 3.05) is 98.2 Å². The Bertz CT molecular complexity index is 5350. The van der Waals surface area contributed by atoms with Crippen LogP contribution in [0, 0.1) is 105 Å².